The van der Waals surface area contributed by atoms with E-state index < -0.39 is 6.04 Å². The molecule has 2 amide bonds. The fourth-order valence-corrected chi connectivity index (χ4v) is 1.67. The van der Waals surface area contributed by atoms with E-state index in [4.69, 9.17) is 5.73 Å². The smallest absolute Gasteiger partial charge is 0.237 e. The number of carbonyl (C=O) groups is 2. The van der Waals surface area contributed by atoms with Crippen molar-refractivity contribution in [1.29, 1.82) is 0 Å². The average molecular weight is 264 g/mol. The van der Waals surface area contributed by atoms with Crippen LogP contribution in [0.5, 0.6) is 0 Å². The summed E-state index contributed by atoms with van der Waals surface area (Å²) in [7, 11) is 0. The topological polar surface area (TPSA) is 84.2 Å². The zero-order valence-corrected chi connectivity index (χ0v) is 11.2. The van der Waals surface area contributed by atoms with E-state index in [-0.39, 0.29) is 36.2 Å². The number of nitrogens with two attached hydrogens (primary N) is 1. The number of halogens is 1. The predicted molar refractivity (Wildman–Crippen MR) is 68.9 cm³/mol. The Hall–Kier alpha value is -0.810. The third-order valence-corrected chi connectivity index (χ3v) is 3.17. The van der Waals surface area contributed by atoms with Crippen molar-refractivity contribution in [2.75, 3.05) is 6.54 Å². The van der Waals surface area contributed by atoms with Crippen LogP contribution in [0, 0.1) is 5.92 Å². The van der Waals surface area contributed by atoms with Crippen molar-refractivity contribution in [2.45, 2.75) is 45.2 Å². The molecule has 100 valence electrons. The summed E-state index contributed by atoms with van der Waals surface area (Å²) in [5.41, 5.74) is 5.82. The highest BCUT2D eigenvalue weighted by Crippen LogP contribution is 2.07. The largest absolute Gasteiger partial charge is 0.354 e. The minimum absolute atomic E-state index is 0. The second kappa shape index (κ2) is 7.50. The van der Waals surface area contributed by atoms with Gasteiger partial charge >= 0.3 is 0 Å². The first-order valence-corrected chi connectivity index (χ1v) is 5.87. The lowest BCUT2D eigenvalue weighted by atomic mass is 9.98. The minimum atomic E-state index is -0.456. The summed E-state index contributed by atoms with van der Waals surface area (Å²) in [6, 6.07) is -0.428. The van der Waals surface area contributed by atoms with E-state index in [1.54, 1.807) is 0 Å². The zero-order chi connectivity index (χ0) is 12.1. The van der Waals surface area contributed by atoms with Crippen LogP contribution in [0.25, 0.3) is 0 Å². The molecule has 1 aliphatic heterocycles. The molecule has 1 rings (SSSR count). The van der Waals surface area contributed by atoms with Gasteiger partial charge in [-0.15, -0.1) is 12.4 Å². The third-order valence-electron chi connectivity index (χ3n) is 3.17. The predicted octanol–water partition coefficient (Wildman–Crippen LogP) is 0.176. The molecule has 0 aromatic rings. The van der Waals surface area contributed by atoms with Gasteiger partial charge in [0.15, 0.2) is 0 Å². The lowest BCUT2D eigenvalue weighted by Gasteiger charge is -2.26. The molecule has 0 aliphatic carbocycles. The Kier molecular flexibility index (Phi) is 7.15. The van der Waals surface area contributed by atoms with Crippen LogP contribution in [-0.4, -0.2) is 30.4 Å². The molecule has 6 heteroatoms. The summed E-state index contributed by atoms with van der Waals surface area (Å²) >= 11 is 0. The molecule has 1 fully saturated rings. The van der Waals surface area contributed by atoms with E-state index >= 15 is 0 Å². The molecule has 3 unspecified atom stereocenters. The van der Waals surface area contributed by atoms with E-state index in [1.165, 1.54) is 0 Å². The normalized spacial score (nSPS) is 23.0. The molecule has 5 nitrogen and oxygen atoms in total. The highest BCUT2D eigenvalue weighted by atomic mass is 35.5. The maximum atomic E-state index is 11.7. The van der Waals surface area contributed by atoms with Gasteiger partial charge in [-0.3, -0.25) is 9.59 Å². The number of piperidine rings is 1. The van der Waals surface area contributed by atoms with Gasteiger partial charge in [0.2, 0.25) is 11.8 Å². The number of carbonyl (C=O) groups excluding carboxylic acids is 2. The highest BCUT2D eigenvalue weighted by molar-refractivity contribution is 5.85. The van der Waals surface area contributed by atoms with E-state index in [0.29, 0.717) is 19.4 Å². The molecule has 17 heavy (non-hydrogen) atoms. The summed E-state index contributed by atoms with van der Waals surface area (Å²) < 4.78 is 0. The van der Waals surface area contributed by atoms with Gasteiger partial charge in [0.05, 0.1) is 6.04 Å². The summed E-state index contributed by atoms with van der Waals surface area (Å²) in [5.74, 6) is 0.116. The van der Waals surface area contributed by atoms with Crippen molar-refractivity contribution in [3.63, 3.8) is 0 Å². The van der Waals surface area contributed by atoms with Crippen molar-refractivity contribution in [3.05, 3.63) is 0 Å². The second-order valence-electron chi connectivity index (χ2n) is 4.46. The van der Waals surface area contributed by atoms with Crippen molar-refractivity contribution >= 4 is 24.2 Å². The molecule has 0 spiro atoms. The molecule has 0 radical (unpaired) electrons. The minimum Gasteiger partial charge on any atom is -0.354 e. The van der Waals surface area contributed by atoms with Crippen molar-refractivity contribution in [1.82, 2.24) is 10.6 Å². The van der Waals surface area contributed by atoms with Gasteiger partial charge in [-0.1, -0.05) is 20.3 Å². The fraction of sp³-hybridized carbons (Fsp3) is 0.818. The van der Waals surface area contributed by atoms with E-state index in [9.17, 15) is 9.59 Å². The number of amides is 2. The number of nitrogens with one attached hydrogen (secondary N) is 2. The molecule has 1 aliphatic rings. The fourth-order valence-electron chi connectivity index (χ4n) is 1.67. The third kappa shape index (κ3) is 4.91. The van der Waals surface area contributed by atoms with Crippen molar-refractivity contribution in [2.24, 2.45) is 11.7 Å². The molecule has 0 saturated carbocycles. The first kappa shape index (κ1) is 16.2. The summed E-state index contributed by atoms with van der Waals surface area (Å²) in [6.07, 6.45) is 2.06. The lowest BCUT2D eigenvalue weighted by Crippen LogP contribution is -2.53. The summed E-state index contributed by atoms with van der Waals surface area (Å²) in [4.78, 5) is 22.7. The first-order chi connectivity index (χ1) is 7.54. The van der Waals surface area contributed by atoms with Crippen LogP contribution in [0.1, 0.15) is 33.1 Å². The molecule has 3 atom stereocenters. The van der Waals surface area contributed by atoms with Crippen LogP contribution in [0.3, 0.4) is 0 Å². The van der Waals surface area contributed by atoms with Crippen LogP contribution in [0.15, 0.2) is 0 Å². The Morgan fingerprint density at radius 1 is 1.65 bits per heavy atom. The quantitative estimate of drug-likeness (QED) is 0.676. The Bertz CT molecular complexity index is 263. The van der Waals surface area contributed by atoms with Gasteiger partial charge in [-0.25, -0.2) is 0 Å². The maximum absolute atomic E-state index is 11.7. The van der Waals surface area contributed by atoms with Gasteiger partial charge in [0, 0.05) is 19.0 Å². The average Bonchev–Trinajstić information content (AvgIpc) is 2.30. The Morgan fingerprint density at radius 3 is 2.76 bits per heavy atom. The monoisotopic (exact) mass is 263 g/mol. The summed E-state index contributed by atoms with van der Waals surface area (Å²) in [6.45, 7) is 4.49. The molecule has 0 aromatic carbocycles. The summed E-state index contributed by atoms with van der Waals surface area (Å²) in [5, 5.41) is 5.60. The van der Waals surface area contributed by atoms with Crippen LogP contribution >= 0.6 is 12.4 Å². The van der Waals surface area contributed by atoms with Gasteiger partial charge in [-0.2, -0.15) is 0 Å². The van der Waals surface area contributed by atoms with Crippen LogP contribution in [-0.2, 0) is 9.59 Å². The van der Waals surface area contributed by atoms with Crippen molar-refractivity contribution in [3.8, 4) is 0 Å². The van der Waals surface area contributed by atoms with Gasteiger partial charge in [0.1, 0.15) is 0 Å². The highest BCUT2D eigenvalue weighted by Gasteiger charge is 2.24. The number of rotatable bonds is 4. The molecule has 4 N–H and O–H groups in total. The molecule has 0 aromatic heterocycles. The number of hydrogen-bond donors (Lipinski definition) is 3. The standard InChI is InChI=1S/C11H21N3O2.ClH/c1-3-7(2)10(12)11(16)14-8-4-5-9(15)13-6-8;/h7-8,10H,3-6,12H2,1-2H3,(H,13,15)(H,14,16);1H. The first-order valence-electron chi connectivity index (χ1n) is 5.87. The lowest BCUT2D eigenvalue weighted by molar-refractivity contribution is -0.127. The van der Waals surface area contributed by atoms with E-state index in [2.05, 4.69) is 10.6 Å². The second-order valence-corrected chi connectivity index (χ2v) is 4.46. The van der Waals surface area contributed by atoms with Crippen LogP contribution < -0.4 is 16.4 Å². The van der Waals surface area contributed by atoms with Crippen LogP contribution in [0.2, 0.25) is 0 Å². The molecule has 0 bridgehead atoms. The molecular formula is C11H22ClN3O2. The van der Waals surface area contributed by atoms with Crippen LogP contribution in [0.4, 0.5) is 0 Å². The molecular weight excluding hydrogens is 242 g/mol. The Labute approximate surface area is 108 Å². The molecule has 1 saturated heterocycles. The van der Waals surface area contributed by atoms with Gasteiger partial charge in [0.25, 0.3) is 0 Å². The number of hydrogen-bond acceptors (Lipinski definition) is 3. The van der Waals surface area contributed by atoms with E-state index in [1.807, 2.05) is 13.8 Å². The van der Waals surface area contributed by atoms with Gasteiger partial charge in [-0.05, 0) is 12.3 Å². The molecule has 1 heterocycles. The Balaban J connectivity index is 0.00000256. The Morgan fingerprint density at radius 2 is 2.29 bits per heavy atom. The maximum Gasteiger partial charge on any atom is 0.237 e. The van der Waals surface area contributed by atoms with Crippen molar-refractivity contribution < 1.29 is 9.59 Å². The van der Waals surface area contributed by atoms with E-state index in [0.717, 1.165) is 6.42 Å². The SMILES string of the molecule is CCC(C)C(N)C(=O)NC1CCC(=O)NC1.Cl. The zero-order valence-electron chi connectivity index (χ0n) is 10.4. The van der Waals surface area contributed by atoms with Gasteiger partial charge < -0.3 is 16.4 Å².